The lowest BCUT2D eigenvalue weighted by Gasteiger charge is -2.07. The zero-order valence-electron chi connectivity index (χ0n) is 5.67. The van der Waals surface area contributed by atoms with Crippen LogP contribution in [0.1, 0.15) is 0 Å². The molecular weight excluding hydrogens is 175 g/mol. The number of halogens is 3. The monoisotopic (exact) mass is 179 g/mol. The van der Waals surface area contributed by atoms with Crippen molar-refractivity contribution >= 4 is 0 Å². The van der Waals surface area contributed by atoms with E-state index in [0.29, 0.717) is 0 Å². The van der Waals surface area contributed by atoms with Crippen molar-refractivity contribution < 1.29 is 23.0 Å². The molecule has 1 aromatic heterocycles. The van der Waals surface area contributed by atoms with E-state index >= 15 is 0 Å². The standard InChI is InChI=1S/C6H4F3NO2/c7-6(8,9)12-5-1-4(11)2-10-3-5/h1-3,11H. The maximum atomic E-state index is 11.5. The van der Waals surface area contributed by atoms with Gasteiger partial charge in [-0.3, -0.25) is 4.98 Å². The van der Waals surface area contributed by atoms with Crippen molar-refractivity contribution in [2.24, 2.45) is 0 Å². The number of alkyl halides is 3. The molecule has 0 aliphatic carbocycles. The van der Waals surface area contributed by atoms with Gasteiger partial charge in [-0.2, -0.15) is 0 Å². The molecular formula is C6H4F3NO2. The molecule has 0 aliphatic heterocycles. The lowest BCUT2D eigenvalue weighted by Crippen LogP contribution is -2.17. The SMILES string of the molecule is Oc1cncc(OC(F)(F)F)c1. The van der Waals surface area contributed by atoms with Gasteiger partial charge in [0, 0.05) is 6.07 Å². The Morgan fingerprint density at radius 2 is 2.00 bits per heavy atom. The predicted octanol–water partition coefficient (Wildman–Crippen LogP) is 1.69. The Morgan fingerprint density at radius 3 is 2.50 bits per heavy atom. The van der Waals surface area contributed by atoms with Gasteiger partial charge in [0.05, 0.1) is 12.4 Å². The Balaban J connectivity index is 2.77. The Labute approximate surface area is 65.4 Å². The van der Waals surface area contributed by atoms with Crippen molar-refractivity contribution in [3.05, 3.63) is 18.5 Å². The first-order chi connectivity index (χ1) is 5.47. The molecule has 0 saturated carbocycles. The van der Waals surface area contributed by atoms with E-state index in [1.54, 1.807) is 0 Å². The zero-order chi connectivity index (χ0) is 9.19. The number of rotatable bonds is 1. The first kappa shape index (κ1) is 8.63. The topological polar surface area (TPSA) is 42.4 Å². The molecule has 6 heteroatoms. The maximum absolute atomic E-state index is 11.5. The van der Waals surface area contributed by atoms with Gasteiger partial charge in [0.2, 0.25) is 0 Å². The minimum Gasteiger partial charge on any atom is -0.506 e. The molecule has 0 fully saturated rings. The van der Waals surface area contributed by atoms with E-state index in [4.69, 9.17) is 5.11 Å². The smallest absolute Gasteiger partial charge is 0.506 e. The number of ether oxygens (including phenoxy) is 1. The van der Waals surface area contributed by atoms with Crippen molar-refractivity contribution in [1.82, 2.24) is 4.98 Å². The molecule has 0 bridgehead atoms. The first-order valence-electron chi connectivity index (χ1n) is 2.87. The largest absolute Gasteiger partial charge is 0.573 e. The van der Waals surface area contributed by atoms with Crippen molar-refractivity contribution in [2.45, 2.75) is 6.36 Å². The fourth-order valence-electron chi connectivity index (χ4n) is 0.597. The summed E-state index contributed by atoms with van der Waals surface area (Å²) in [6.07, 6.45) is -2.90. The van der Waals surface area contributed by atoms with Crippen LogP contribution in [0.15, 0.2) is 18.5 Å². The lowest BCUT2D eigenvalue weighted by molar-refractivity contribution is -0.274. The number of hydrogen-bond acceptors (Lipinski definition) is 3. The summed E-state index contributed by atoms with van der Waals surface area (Å²) in [6.45, 7) is 0. The fourth-order valence-corrected chi connectivity index (χ4v) is 0.597. The highest BCUT2D eigenvalue weighted by Gasteiger charge is 2.31. The Hall–Kier alpha value is -1.46. The summed E-state index contributed by atoms with van der Waals surface area (Å²) in [5.41, 5.74) is 0. The molecule has 1 N–H and O–H groups in total. The number of nitrogens with zero attached hydrogens (tertiary/aromatic N) is 1. The average Bonchev–Trinajstić information content (AvgIpc) is 1.82. The van der Waals surface area contributed by atoms with Gasteiger partial charge in [-0.25, -0.2) is 0 Å². The van der Waals surface area contributed by atoms with Gasteiger partial charge in [-0.05, 0) is 0 Å². The first-order valence-corrected chi connectivity index (χ1v) is 2.87. The quantitative estimate of drug-likeness (QED) is 0.713. The molecule has 0 spiro atoms. The molecule has 0 radical (unpaired) electrons. The second-order valence-electron chi connectivity index (χ2n) is 1.93. The summed E-state index contributed by atoms with van der Waals surface area (Å²) >= 11 is 0. The summed E-state index contributed by atoms with van der Waals surface area (Å²) in [5.74, 6) is -0.917. The summed E-state index contributed by atoms with van der Waals surface area (Å²) in [6, 6.07) is 0.820. The summed E-state index contributed by atoms with van der Waals surface area (Å²) in [7, 11) is 0. The van der Waals surface area contributed by atoms with E-state index in [1.807, 2.05) is 0 Å². The van der Waals surface area contributed by atoms with Crippen LogP contribution in [0.25, 0.3) is 0 Å². The number of pyridine rings is 1. The van der Waals surface area contributed by atoms with E-state index in [2.05, 4.69) is 9.72 Å². The maximum Gasteiger partial charge on any atom is 0.573 e. The van der Waals surface area contributed by atoms with Gasteiger partial charge in [0.1, 0.15) is 5.75 Å². The molecule has 1 rings (SSSR count). The van der Waals surface area contributed by atoms with Crippen LogP contribution in [0.4, 0.5) is 13.2 Å². The molecule has 0 unspecified atom stereocenters. The van der Waals surface area contributed by atoms with Gasteiger partial charge in [0.25, 0.3) is 0 Å². The van der Waals surface area contributed by atoms with Gasteiger partial charge in [0.15, 0.2) is 5.75 Å². The van der Waals surface area contributed by atoms with Crippen molar-refractivity contribution in [3.63, 3.8) is 0 Å². The van der Waals surface area contributed by atoms with Crippen LogP contribution in [-0.2, 0) is 0 Å². The van der Waals surface area contributed by atoms with Crippen LogP contribution in [-0.4, -0.2) is 16.5 Å². The average molecular weight is 179 g/mol. The highest BCUT2D eigenvalue weighted by Crippen LogP contribution is 2.23. The summed E-state index contributed by atoms with van der Waals surface area (Å²) in [4.78, 5) is 3.29. The van der Waals surface area contributed by atoms with Crippen LogP contribution >= 0.6 is 0 Å². The van der Waals surface area contributed by atoms with Crippen LogP contribution in [0.2, 0.25) is 0 Å². The van der Waals surface area contributed by atoms with Crippen LogP contribution in [0.3, 0.4) is 0 Å². The van der Waals surface area contributed by atoms with E-state index in [0.717, 1.165) is 18.5 Å². The van der Waals surface area contributed by atoms with Crippen LogP contribution < -0.4 is 4.74 Å². The molecule has 0 amide bonds. The number of hydrogen-bond donors (Lipinski definition) is 1. The van der Waals surface area contributed by atoms with Gasteiger partial charge in [-0.1, -0.05) is 0 Å². The number of aromatic hydroxyl groups is 1. The van der Waals surface area contributed by atoms with Crippen molar-refractivity contribution in [3.8, 4) is 11.5 Å². The molecule has 0 aromatic carbocycles. The van der Waals surface area contributed by atoms with Crippen molar-refractivity contribution in [1.29, 1.82) is 0 Å². The molecule has 12 heavy (non-hydrogen) atoms. The third-order valence-electron chi connectivity index (χ3n) is 0.932. The lowest BCUT2D eigenvalue weighted by atomic mass is 10.4. The second kappa shape index (κ2) is 2.88. The van der Waals surface area contributed by atoms with E-state index in [-0.39, 0.29) is 5.75 Å². The molecule has 0 atom stereocenters. The summed E-state index contributed by atoms with van der Waals surface area (Å²) < 4.78 is 38.1. The highest BCUT2D eigenvalue weighted by molar-refractivity contribution is 5.26. The Morgan fingerprint density at radius 1 is 1.33 bits per heavy atom. The zero-order valence-corrected chi connectivity index (χ0v) is 5.67. The minimum atomic E-state index is -4.75. The Bertz CT molecular complexity index is 274. The highest BCUT2D eigenvalue weighted by atomic mass is 19.4. The second-order valence-corrected chi connectivity index (χ2v) is 1.93. The van der Waals surface area contributed by atoms with E-state index in [9.17, 15) is 13.2 Å². The van der Waals surface area contributed by atoms with Crippen LogP contribution in [0, 0.1) is 0 Å². The van der Waals surface area contributed by atoms with Gasteiger partial charge >= 0.3 is 6.36 Å². The van der Waals surface area contributed by atoms with Crippen molar-refractivity contribution in [2.75, 3.05) is 0 Å². The molecule has 66 valence electrons. The molecule has 0 saturated heterocycles. The van der Waals surface area contributed by atoms with E-state index in [1.165, 1.54) is 0 Å². The third kappa shape index (κ3) is 2.65. The molecule has 1 heterocycles. The van der Waals surface area contributed by atoms with Gasteiger partial charge in [-0.15, -0.1) is 13.2 Å². The predicted molar refractivity (Wildman–Crippen MR) is 32.6 cm³/mol. The Kier molecular flexibility index (Phi) is 2.07. The number of aromatic nitrogens is 1. The molecule has 1 aromatic rings. The van der Waals surface area contributed by atoms with Gasteiger partial charge < -0.3 is 9.84 Å². The normalized spacial score (nSPS) is 11.2. The fraction of sp³-hybridized carbons (Fsp3) is 0.167. The molecule has 3 nitrogen and oxygen atoms in total. The molecule has 0 aliphatic rings. The van der Waals surface area contributed by atoms with E-state index < -0.39 is 12.1 Å². The summed E-state index contributed by atoms with van der Waals surface area (Å²) in [5, 5.41) is 8.70. The third-order valence-corrected chi connectivity index (χ3v) is 0.932. The van der Waals surface area contributed by atoms with Crippen LogP contribution in [0.5, 0.6) is 11.5 Å². The minimum absolute atomic E-state index is 0.378.